The topological polar surface area (TPSA) is 104 Å². The van der Waals surface area contributed by atoms with E-state index in [1.807, 2.05) is 36.4 Å². The van der Waals surface area contributed by atoms with Gasteiger partial charge in [0.1, 0.15) is 16.7 Å². The van der Waals surface area contributed by atoms with Gasteiger partial charge in [-0.05, 0) is 36.1 Å². The van der Waals surface area contributed by atoms with E-state index in [0.717, 1.165) is 17.2 Å². The molecule has 0 spiro atoms. The molecule has 0 aliphatic heterocycles. The van der Waals surface area contributed by atoms with Crippen molar-refractivity contribution in [2.45, 2.75) is 24.3 Å². The van der Waals surface area contributed by atoms with Crippen molar-refractivity contribution in [3.8, 4) is 5.75 Å². The highest BCUT2D eigenvalue weighted by Gasteiger charge is 2.14. The summed E-state index contributed by atoms with van der Waals surface area (Å²) >= 11 is 0. The zero-order valence-corrected chi connectivity index (χ0v) is 17.5. The van der Waals surface area contributed by atoms with Crippen LogP contribution in [0.5, 0.6) is 5.75 Å². The molecule has 3 N–H and O–H groups in total. The number of aliphatic hydroxyl groups is 1. The van der Waals surface area contributed by atoms with Crippen LogP contribution in [-0.2, 0) is 14.9 Å². The number of rotatable bonds is 7. The molecule has 0 saturated heterocycles. The van der Waals surface area contributed by atoms with Crippen LogP contribution in [0.4, 0.5) is 0 Å². The standard InChI is InChI=1S/C16H18O2.C7H8O4S/c17-12-7-13-18-16(14-8-3-1-4-9-14)15-10-5-2-6-11-15;1-5-2-3-6(8)4-7(5)12(9,10)11/h1-6,8-11,16-17H,7,12-13H2;2-4,8H,1H3,(H,9,10,11). The fourth-order valence-electron chi connectivity index (χ4n) is 2.77. The van der Waals surface area contributed by atoms with Crippen LogP contribution >= 0.6 is 0 Å². The van der Waals surface area contributed by atoms with E-state index in [-0.39, 0.29) is 23.4 Å². The predicted octanol–water partition coefficient (Wildman–Crippen LogP) is 4.12. The number of phenolic OH excluding ortho intramolecular Hbond substituents is 1. The van der Waals surface area contributed by atoms with Crippen molar-refractivity contribution in [3.05, 3.63) is 95.6 Å². The fourth-order valence-corrected chi connectivity index (χ4v) is 3.52. The van der Waals surface area contributed by atoms with Gasteiger partial charge in [-0.3, -0.25) is 4.55 Å². The first-order valence-electron chi connectivity index (χ1n) is 9.42. The van der Waals surface area contributed by atoms with Gasteiger partial charge in [-0.2, -0.15) is 8.42 Å². The van der Waals surface area contributed by atoms with Crippen LogP contribution in [0.1, 0.15) is 29.2 Å². The number of hydrogen-bond acceptors (Lipinski definition) is 5. The minimum Gasteiger partial charge on any atom is -0.508 e. The Bertz CT molecular complexity index is 965. The van der Waals surface area contributed by atoms with Crippen LogP contribution < -0.4 is 0 Å². The van der Waals surface area contributed by atoms with E-state index in [9.17, 15) is 8.42 Å². The van der Waals surface area contributed by atoms with Crippen LogP contribution in [0.25, 0.3) is 0 Å². The smallest absolute Gasteiger partial charge is 0.294 e. The monoisotopic (exact) mass is 430 g/mol. The highest BCUT2D eigenvalue weighted by atomic mass is 32.2. The highest BCUT2D eigenvalue weighted by molar-refractivity contribution is 7.85. The van der Waals surface area contributed by atoms with Crippen LogP contribution in [-0.4, -0.2) is 36.4 Å². The highest BCUT2D eigenvalue weighted by Crippen LogP contribution is 2.25. The summed E-state index contributed by atoms with van der Waals surface area (Å²) in [5.41, 5.74) is 2.68. The van der Waals surface area contributed by atoms with Gasteiger partial charge in [-0.25, -0.2) is 0 Å². The molecule has 0 saturated carbocycles. The minimum absolute atomic E-state index is 0.0565. The van der Waals surface area contributed by atoms with Gasteiger partial charge in [-0.1, -0.05) is 66.7 Å². The summed E-state index contributed by atoms with van der Waals surface area (Å²) in [4.78, 5) is -0.262. The van der Waals surface area contributed by atoms with Gasteiger partial charge in [0.15, 0.2) is 0 Å². The molecule has 0 bridgehead atoms. The summed E-state index contributed by atoms with van der Waals surface area (Å²) in [5, 5.41) is 17.8. The third-order valence-corrected chi connectivity index (χ3v) is 5.24. The molecule has 3 rings (SSSR count). The van der Waals surface area contributed by atoms with E-state index in [4.69, 9.17) is 19.5 Å². The molecular weight excluding hydrogens is 404 g/mol. The summed E-state index contributed by atoms with van der Waals surface area (Å²) < 4.78 is 35.9. The second-order valence-electron chi connectivity index (χ2n) is 6.57. The lowest BCUT2D eigenvalue weighted by Gasteiger charge is -2.18. The van der Waals surface area contributed by atoms with Crippen molar-refractivity contribution < 1.29 is 27.9 Å². The van der Waals surface area contributed by atoms with E-state index >= 15 is 0 Å². The zero-order chi connectivity index (χ0) is 22.0. The molecule has 0 aromatic heterocycles. The molecule has 3 aromatic carbocycles. The predicted molar refractivity (Wildman–Crippen MR) is 115 cm³/mol. The quantitative estimate of drug-likeness (QED) is 0.385. The maximum absolute atomic E-state index is 10.7. The fraction of sp³-hybridized carbons (Fsp3) is 0.217. The van der Waals surface area contributed by atoms with E-state index in [1.165, 1.54) is 19.1 Å². The number of aromatic hydroxyl groups is 1. The summed E-state index contributed by atoms with van der Waals surface area (Å²) in [5.74, 6) is -0.187. The van der Waals surface area contributed by atoms with Crippen molar-refractivity contribution in [1.29, 1.82) is 0 Å². The number of hydrogen-bond donors (Lipinski definition) is 3. The SMILES string of the molecule is Cc1ccc(O)cc1S(=O)(=O)O.OCCCOC(c1ccccc1)c1ccccc1. The Hall–Kier alpha value is -2.71. The van der Waals surface area contributed by atoms with Crippen molar-refractivity contribution in [2.24, 2.45) is 0 Å². The van der Waals surface area contributed by atoms with E-state index in [2.05, 4.69) is 24.3 Å². The van der Waals surface area contributed by atoms with Crippen LogP contribution in [0.15, 0.2) is 83.8 Å². The van der Waals surface area contributed by atoms with Crippen molar-refractivity contribution in [3.63, 3.8) is 0 Å². The summed E-state index contributed by atoms with van der Waals surface area (Å²) in [6.07, 6.45) is 0.606. The number of aryl methyl sites for hydroxylation is 1. The molecular formula is C23H26O6S. The Morgan fingerprint density at radius 3 is 1.87 bits per heavy atom. The zero-order valence-electron chi connectivity index (χ0n) is 16.7. The average molecular weight is 431 g/mol. The van der Waals surface area contributed by atoms with Crippen LogP contribution in [0, 0.1) is 6.92 Å². The number of benzene rings is 3. The van der Waals surface area contributed by atoms with Crippen molar-refractivity contribution >= 4 is 10.1 Å². The Labute approximate surface area is 177 Å². The normalized spacial score (nSPS) is 11.1. The van der Waals surface area contributed by atoms with Crippen LogP contribution in [0.2, 0.25) is 0 Å². The molecule has 0 atom stereocenters. The molecule has 0 unspecified atom stereocenters. The van der Waals surface area contributed by atoms with Gasteiger partial charge in [0.05, 0.1) is 6.61 Å². The molecule has 160 valence electrons. The summed E-state index contributed by atoms with van der Waals surface area (Å²) in [6.45, 7) is 2.25. The first kappa shape index (κ1) is 23.6. The maximum Gasteiger partial charge on any atom is 0.294 e. The summed E-state index contributed by atoms with van der Waals surface area (Å²) in [6, 6.07) is 24.1. The largest absolute Gasteiger partial charge is 0.508 e. The number of aliphatic hydroxyl groups excluding tert-OH is 1. The molecule has 0 heterocycles. The number of phenols is 1. The third-order valence-electron chi connectivity index (χ3n) is 4.24. The van der Waals surface area contributed by atoms with Gasteiger partial charge in [0.2, 0.25) is 0 Å². The molecule has 3 aromatic rings. The lowest BCUT2D eigenvalue weighted by Crippen LogP contribution is -2.08. The molecule has 0 fully saturated rings. The molecule has 6 nitrogen and oxygen atoms in total. The lowest BCUT2D eigenvalue weighted by atomic mass is 10.0. The van der Waals surface area contributed by atoms with Crippen LogP contribution in [0.3, 0.4) is 0 Å². The molecule has 0 aliphatic rings. The molecule has 0 aliphatic carbocycles. The van der Waals surface area contributed by atoms with Gasteiger partial charge < -0.3 is 14.9 Å². The third kappa shape index (κ3) is 7.27. The van der Waals surface area contributed by atoms with Gasteiger partial charge >= 0.3 is 0 Å². The van der Waals surface area contributed by atoms with Gasteiger partial charge in [0, 0.05) is 12.7 Å². The summed E-state index contributed by atoms with van der Waals surface area (Å²) in [7, 11) is -4.22. The van der Waals surface area contributed by atoms with E-state index in [0.29, 0.717) is 18.6 Å². The van der Waals surface area contributed by atoms with Crippen molar-refractivity contribution in [1.82, 2.24) is 0 Å². The van der Waals surface area contributed by atoms with Crippen molar-refractivity contribution in [2.75, 3.05) is 13.2 Å². The Kier molecular flexibility index (Phi) is 9.01. The first-order valence-corrected chi connectivity index (χ1v) is 10.9. The molecule has 30 heavy (non-hydrogen) atoms. The van der Waals surface area contributed by atoms with E-state index in [1.54, 1.807) is 0 Å². The van der Waals surface area contributed by atoms with Gasteiger partial charge in [-0.15, -0.1) is 0 Å². The Balaban J connectivity index is 0.000000232. The first-order chi connectivity index (χ1) is 14.3. The minimum atomic E-state index is -4.22. The Morgan fingerprint density at radius 1 is 0.900 bits per heavy atom. The number of ether oxygens (including phenoxy) is 1. The second-order valence-corrected chi connectivity index (χ2v) is 7.96. The lowest BCUT2D eigenvalue weighted by molar-refractivity contribution is 0.0683. The molecule has 7 heteroatoms. The Morgan fingerprint density at radius 2 is 1.43 bits per heavy atom. The average Bonchev–Trinajstić information content (AvgIpc) is 2.74. The van der Waals surface area contributed by atoms with Gasteiger partial charge in [0.25, 0.3) is 10.1 Å². The molecule has 0 radical (unpaired) electrons. The maximum atomic E-state index is 10.7. The molecule has 0 amide bonds. The second kappa shape index (κ2) is 11.5. The van der Waals surface area contributed by atoms with E-state index < -0.39 is 10.1 Å².